The van der Waals surface area contributed by atoms with E-state index in [-0.39, 0.29) is 6.42 Å². The highest BCUT2D eigenvalue weighted by atomic mass is 16.5. The molecule has 4 nitrogen and oxygen atoms in total. The summed E-state index contributed by atoms with van der Waals surface area (Å²) in [5.41, 5.74) is 0. The van der Waals surface area contributed by atoms with E-state index in [1.165, 1.54) is 0 Å². The van der Waals surface area contributed by atoms with Crippen LogP contribution in [0.1, 0.15) is 19.8 Å². The molecule has 0 aromatic carbocycles. The molecule has 0 rings (SSSR count). The van der Waals surface area contributed by atoms with E-state index in [0.717, 1.165) is 11.2 Å². The molecule has 0 radical (unpaired) electrons. The van der Waals surface area contributed by atoms with E-state index >= 15 is 0 Å². The summed E-state index contributed by atoms with van der Waals surface area (Å²) in [5, 5.41) is 9.49. The smallest absolute Gasteiger partial charge is 0.182 e. The predicted octanol–water partition coefficient (Wildman–Crippen LogP) is -0.167. The lowest BCUT2D eigenvalue weighted by Gasteiger charge is -2.21. The van der Waals surface area contributed by atoms with Crippen LogP contribution in [0, 0.1) is 0 Å². The van der Waals surface area contributed by atoms with Crippen LogP contribution >= 0.6 is 0 Å². The van der Waals surface area contributed by atoms with E-state index in [1.807, 2.05) is 0 Å². The minimum absolute atomic E-state index is 0.181. The molecule has 0 N–H and O–H groups in total. The van der Waals surface area contributed by atoms with E-state index < -0.39 is 5.97 Å². The maximum absolute atomic E-state index is 9.49. The van der Waals surface area contributed by atoms with Crippen LogP contribution in [0.2, 0.25) is 0 Å². The Morgan fingerprint density at radius 1 is 1.38 bits per heavy atom. The third-order valence-electron chi connectivity index (χ3n) is 0.971. The predicted molar refractivity (Wildman–Crippen MR) is 49.8 cm³/mol. The molecule has 0 saturated carbocycles. The van der Waals surface area contributed by atoms with Gasteiger partial charge in [0, 0.05) is 13.1 Å². The molecule has 0 spiro atoms. The molecule has 0 unspecified atom stereocenters. The van der Waals surface area contributed by atoms with Gasteiger partial charge in [-0.2, -0.15) is 0 Å². The Labute approximate surface area is 80.7 Å². The van der Waals surface area contributed by atoms with Crippen LogP contribution in [-0.4, -0.2) is 45.4 Å². The Hall–Kier alpha value is -0.610. The zero-order valence-corrected chi connectivity index (χ0v) is 9.29. The maximum atomic E-state index is 9.49. The molecule has 0 bridgehead atoms. The van der Waals surface area contributed by atoms with Crippen molar-refractivity contribution in [2.24, 2.45) is 0 Å². The maximum Gasteiger partial charge on any atom is 0.182 e. The molecule has 0 aliphatic carbocycles. The number of ether oxygens (including phenoxy) is 1. The van der Waals surface area contributed by atoms with E-state index in [4.69, 9.17) is 4.74 Å². The normalized spacial score (nSPS) is 10.2. The SMILES string of the molecule is CCCC(=O)[O-].COC[N+](C)(C)C. The van der Waals surface area contributed by atoms with Gasteiger partial charge in [0.15, 0.2) is 6.73 Å². The van der Waals surface area contributed by atoms with Gasteiger partial charge in [-0.1, -0.05) is 13.3 Å². The van der Waals surface area contributed by atoms with Crippen molar-refractivity contribution in [1.29, 1.82) is 0 Å². The van der Waals surface area contributed by atoms with Crippen LogP contribution in [0.25, 0.3) is 0 Å². The zero-order chi connectivity index (χ0) is 10.9. The molecule has 0 amide bonds. The standard InChI is InChI=1S/C5H14NO.C4H8O2/c1-6(2,3)5-7-4;1-2-3-4(5)6/h5H2,1-4H3;2-3H2,1H3,(H,5,6)/q+1;/p-1. The van der Waals surface area contributed by atoms with Crippen molar-refractivity contribution in [1.82, 2.24) is 0 Å². The molecular formula is C9H21NO3. The van der Waals surface area contributed by atoms with Crippen LogP contribution in [0.3, 0.4) is 0 Å². The Kier molecular flexibility index (Phi) is 9.17. The number of carboxylic acid groups (broad SMARTS) is 1. The number of hydrogen-bond acceptors (Lipinski definition) is 3. The summed E-state index contributed by atoms with van der Waals surface area (Å²) in [4.78, 5) is 9.49. The first-order chi connectivity index (χ1) is 5.83. The number of rotatable bonds is 4. The second kappa shape index (κ2) is 8.01. The van der Waals surface area contributed by atoms with Crippen LogP contribution in [0.4, 0.5) is 0 Å². The lowest BCUT2D eigenvalue weighted by atomic mass is 10.4. The van der Waals surface area contributed by atoms with Crippen LogP contribution < -0.4 is 5.11 Å². The Morgan fingerprint density at radius 3 is 1.85 bits per heavy atom. The van der Waals surface area contributed by atoms with Crippen molar-refractivity contribution < 1.29 is 19.1 Å². The van der Waals surface area contributed by atoms with Crippen LogP contribution in [-0.2, 0) is 9.53 Å². The van der Waals surface area contributed by atoms with Crippen molar-refractivity contribution >= 4 is 5.97 Å². The van der Waals surface area contributed by atoms with Gasteiger partial charge >= 0.3 is 0 Å². The van der Waals surface area contributed by atoms with Crippen LogP contribution in [0.5, 0.6) is 0 Å². The molecule has 0 fully saturated rings. The number of aliphatic carboxylic acids is 1. The summed E-state index contributed by atoms with van der Waals surface area (Å²) in [6.45, 7) is 2.58. The molecule has 80 valence electrons. The first kappa shape index (κ1) is 14.9. The summed E-state index contributed by atoms with van der Waals surface area (Å²) in [7, 11) is 7.97. The topological polar surface area (TPSA) is 49.4 Å². The molecule has 0 aliphatic rings. The fourth-order valence-corrected chi connectivity index (χ4v) is 0.591. The fraction of sp³-hybridized carbons (Fsp3) is 0.889. The van der Waals surface area contributed by atoms with Gasteiger partial charge in [0.05, 0.1) is 21.1 Å². The molecule has 0 aliphatic heterocycles. The Bertz CT molecular complexity index is 129. The third-order valence-corrected chi connectivity index (χ3v) is 0.971. The Balaban J connectivity index is 0. The summed E-state index contributed by atoms with van der Waals surface area (Å²) in [5.74, 6) is -0.961. The number of carbonyl (C=O) groups excluding carboxylic acids is 1. The first-order valence-electron chi connectivity index (χ1n) is 4.32. The minimum atomic E-state index is -0.961. The molecular weight excluding hydrogens is 170 g/mol. The van der Waals surface area contributed by atoms with Gasteiger partial charge in [-0.05, 0) is 6.42 Å². The van der Waals surface area contributed by atoms with Crippen molar-refractivity contribution in [3.8, 4) is 0 Å². The lowest BCUT2D eigenvalue weighted by Crippen LogP contribution is -2.35. The minimum Gasteiger partial charge on any atom is -0.550 e. The average Bonchev–Trinajstić information content (AvgIpc) is 1.84. The highest BCUT2D eigenvalue weighted by molar-refractivity contribution is 5.63. The molecule has 0 aromatic heterocycles. The largest absolute Gasteiger partial charge is 0.550 e. The van der Waals surface area contributed by atoms with E-state index in [9.17, 15) is 9.90 Å². The highest BCUT2D eigenvalue weighted by Crippen LogP contribution is 1.86. The second-order valence-electron chi connectivity index (χ2n) is 3.83. The number of carbonyl (C=O) groups is 1. The fourth-order valence-electron chi connectivity index (χ4n) is 0.591. The molecule has 4 heteroatoms. The van der Waals surface area contributed by atoms with E-state index in [0.29, 0.717) is 6.42 Å². The van der Waals surface area contributed by atoms with Crippen molar-refractivity contribution in [2.45, 2.75) is 19.8 Å². The van der Waals surface area contributed by atoms with Gasteiger partial charge in [-0.3, -0.25) is 0 Å². The van der Waals surface area contributed by atoms with Gasteiger partial charge in [0.25, 0.3) is 0 Å². The van der Waals surface area contributed by atoms with Gasteiger partial charge in [-0.25, -0.2) is 0 Å². The molecule has 13 heavy (non-hydrogen) atoms. The van der Waals surface area contributed by atoms with Gasteiger partial charge in [0.1, 0.15) is 0 Å². The lowest BCUT2D eigenvalue weighted by molar-refractivity contribution is -0.890. The Morgan fingerprint density at radius 2 is 1.85 bits per heavy atom. The van der Waals surface area contributed by atoms with Gasteiger partial charge in [-0.15, -0.1) is 0 Å². The number of carboxylic acids is 1. The second-order valence-corrected chi connectivity index (χ2v) is 3.83. The van der Waals surface area contributed by atoms with Crippen molar-refractivity contribution in [3.05, 3.63) is 0 Å². The van der Waals surface area contributed by atoms with Crippen molar-refractivity contribution in [3.63, 3.8) is 0 Å². The molecule has 0 saturated heterocycles. The molecule has 0 heterocycles. The summed E-state index contributed by atoms with van der Waals surface area (Å²) in [6.07, 6.45) is 0.850. The van der Waals surface area contributed by atoms with Crippen molar-refractivity contribution in [2.75, 3.05) is 35.0 Å². The molecule has 0 atom stereocenters. The van der Waals surface area contributed by atoms with E-state index in [1.54, 1.807) is 14.0 Å². The summed E-state index contributed by atoms with van der Waals surface area (Å²) in [6, 6.07) is 0. The quantitative estimate of drug-likeness (QED) is 0.458. The number of hydrogen-bond donors (Lipinski definition) is 0. The summed E-state index contributed by atoms with van der Waals surface area (Å²) < 4.78 is 5.75. The number of quaternary nitrogens is 1. The summed E-state index contributed by atoms with van der Waals surface area (Å²) >= 11 is 0. The number of nitrogens with zero attached hydrogens (tertiary/aromatic N) is 1. The van der Waals surface area contributed by atoms with E-state index in [2.05, 4.69) is 21.1 Å². The first-order valence-corrected chi connectivity index (χ1v) is 4.32. The third kappa shape index (κ3) is 24.6. The van der Waals surface area contributed by atoms with Gasteiger partial charge < -0.3 is 19.1 Å². The van der Waals surface area contributed by atoms with Crippen LogP contribution in [0.15, 0.2) is 0 Å². The van der Waals surface area contributed by atoms with Gasteiger partial charge in [0.2, 0.25) is 0 Å². The monoisotopic (exact) mass is 191 g/mol. The molecule has 0 aromatic rings. The highest BCUT2D eigenvalue weighted by Gasteiger charge is 2.02. The zero-order valence-electron chi connectivity index (χ0n) is 9.29. The average molecular weight is 191 g/mol. The number of methoxy groups -OCH3 is 1.